The van der Waals surface area contributed by atoms with Crippen molar-refractivity contribution in [1.29, 1.82) is 0 Å². The number of hydrogen-bond donors (Lipinski definition) is 0. The normalized spacial score (nSPS) is 10.0. The standard InChI is InChI=1S/C13H13NO/c1-10-9-14-13(15-2)8-12(10)11-6-4-3-5-7-11/h3-9H,1-2H3. The first-order chi connectivity index (χ1) is 7.31. The third-order valence-electron chi connectivity index (χ3n) is 2.37. The fourth-order valence-corrected chi connectivity index (χ4v) is 1.54. The van der Waals surface area contributed by atoms with E-state index in [0.717, 1.165) is 5.56 Å². The van der Waals surface area contributed by atoms with Gasteiger partial charge < -0.3 is 4.74 Å². The molecule has 0 saturated heterocycles. The molecule has 0 amide bonds. The highest BCUT2D eigenvalue weighted by molar-refractivity contribution is 5.67. The number of ether oxygens (including phenoxy) is 1. The SMILES string of the molecule is COc1cc(-c2ccccc2)c(C)cn1. The monoisotopic (exact) mass is 199 g/mol. The Balaban J connectivity index is 2.52. The first-order valence-corrected chi connectivity index (χ1v) is 4.87. The molecule has 1 heterocycles. The molecule has 0 N–H and O–H groups in total. The van der Waals surface area contributed by atoms with Crippen molar-refractivity contribution in [2.24, 2.45) is 0 Å². The lowest BCUT2D eigenvalue weighted by atomic mass is 10.0. The predicted molar refractivity (Wildman–Crippen MR) is 61.0 cm³/mol. The van der Waals surface area contributed by atoms with E-state index in [2.05, 4.69) is 24.0 Å². The molecule has 0 atom stereocenters. The molecule has 2 nitrogen and oxygen atoms in total. The van der Waals surface area contributed by atoms with E-state index < -0.39 is 0 Å². The minimum atomic E-state index is 0.652. The minimum Gasteiger partial charge on any atom is -0.481 e. The molecule has 0 aliphatic rings. The van der Waals surface area contributed by atoms with Gasteiger partial charge in [0.05, 0.1) is 7.11 Å². The summed E-state index contributed by atoms with van der Waals surface area (Å²) in [5.41, 5.74) is 3.51. The maximum atomic E-state index is 5.12. The van der Waals surface area contributed by atoms with Gasteiger partial charge in [0.15, 0.2) is 0 Å². The van der Waals surface area contributed by atoms with E-state index in [0.29, 0.717) is 5.88 Å². The van der Waals surface area contributed by atoms with Gasteiger partial charge in [-0.15, -0.1) is 0 Å². The first-order valence-electron chi connectivity index (χ1n) is 4.87. The van der Waals surface area contributed by atoms with Crippen LogP contribution in [0.3, 0.4) is 0 Å². The topological polar surface area (TPSA) is 22.1 Å². The van der Waals surface area contributed by atoms with Crippen molar-refractivity contribution < 1.29 is 4.74 Å². The van der Waals surface area contributed by atoms with Gasteiger partial charge in [0.25, 0.3) is 0 Å². The molecule has 0 fully saturated rings. The molecule has 1 aromatic heterocycles. The van der Waals surface area contributed by atoms with Crippen LogP contribution in [0.5, 0.6) is 5.88 Å². The molecule has 0 saturated carbocycles. The zero-order valence-electron chi connectivity index (χ0n) is 8.90. The van der Waals surface area contributed by atoms with Crippen LogP contribution >= 0.6 is 0 Å². The van der Waals surface area contributed by atoms with Crippen LogP contribution in [0.25, 0.3) is 11.1 Å². The average molecular weight is 199 g/mol. The van der Waals surface area contributed by atoms with Crippen molar-refractivity contribution in [3.05, 3.63) is 48.2 Å². The van der Waals surface area contributed by atoms with Gasteiger partial charge in [0.1, 0.15) is 0 Å². The summed E-state index contributed by atoms with van der Waals surface area (Å²) in [5, 5.41) is 0. The van der Waals surface area contributed by atoms with Gasteiger partial charge in [-0.05, 0) is 23.6 Å². The van der Waals surface area contributed by atoms with Gasteiger partial charge in [-0.3, -0.25) is 0 Å². The van der Waals surface area contributed by atoms with E-state index in [4.69, 9.17) is 4.74 Å². The molecule has 2 heteroatoms. The van der Waals surface area contributed by atoms with Crippen molar-refractivity contribution in [3.63, 3.8) is 0 Å². The van der Waals surface area contributed by atoms with Crippen molar-refractivity contribution in [1.82, 2.24) is 4.98 Å². The number of aryl methyl sites for hydroxylation is 1. The van der Waals surface area contributed by atoms with E-state index in [1.165, 1.54) is 11.1 Å². The molecular formula is C13H13NO. The van der Waals surface area contributed by atoms with Crippen molar-refractivity contribution in [2.75, 3.05) is 7.11 Å². The van der Waals surface area contributed by atoms with Crippen LogP contribution < -0.4 is 4.74 Å². The van der Waals surface area contributed by atoms with Gasteiger partial charge in [-0.1, -0.05) is 30.3 Å². The van der Waals surface area contributed by atoms with Crippen molar-refractivity contribution >= 4 is 0 Å². The predicted octanol–water partition coefficient (Wildman–Crippen LogP) is 3.07. The van der Waals surface area contributed by atoms with E-state index >= 15 is 0 Å². The van der Waals surface area contributed by atoms with E-state index in [1.807, 2.05) is 30.5 Å². The molecule has 0 radical (unpaired) electrons. The van der Waals surface area contributed by atoms with Gasteiger partial charge >= 0.3 is 0 Å². The molecule has 0 bridgehead atoms. The molecule has 15 heavy (non-hydrogen) atoms. The number of rotatable bonds is 2. The Morgan fingerprint density at radius 3 is 2.53 bits per heavy atom. The van der Waals surface area contributed by atoms with Crippen LogP contribution in [-0.2, 0) is 0 Å². The summed E-state index contributed by atoms with van der Waals surface area (Å²) in [4.78, 5) is 4.16. The maximum Gasteiger partial charge on any atom is 0.213 e. The Morgan fingerprint density at radius 2 is 1.87 bits per heavy atom. The zero-order valence-corrected chi connectivity index (χ0v) is 8.90. The molecule has 76 valence electrons. The third-order valence-corrected chi connectivity index (χ3v) is 2.37. The minimum absolute atomic E-state index is 0.652. The first kappa shape index (κ1) is 9.71. The molecule has 0 aliphatic carbocycles. The van der Waals surface area contributed by atoms with Crippen LogP contribution in [0.1, 0.15) is 5.56 Å². The summed E-state index contributed by atoms with van der Waals surface area (Å²) in [6, 6.07) is 12.2. The molecule has 0 unspecified atom stereocenters. The van der Waals surface area contributed by atoms with E-state index in [1.54, 1.807) is 7.11 Å². The second-order valence-electron chi connectivity index (χ2n) is 3.41. The average Bonchev–Trinajstić information content (AvgIpc) is 2.31. The second kappa shape index (κ2) is 4.13. The lowest BCUT2D eigenvalue weighted by molar-refractivity contribution is 0.398. The molecular weight excluding hydrogens is 186 g/mol. The van der Waals surface area contributed by atoms with Crippen LogP contribution in [-0.4, -0.2) is 12.1 Å². The van der Waals surface area contributed by atoms with Crippen LogP contribution in [0.4, 0.5) is 0 Å². The Labute approximate surface area is 89.6 Å². The highest BCUT2D eigenvalue weighted by atomic mass is 16.5. The third kappa shape index (κ3) is 1.99. The quantitative estimate of drug-likeness (QED) is 0.741. The largest absolute Gasteiger partial charge is 0.481 e. The lowest BCUT2D eigenvalue weighted by Gasteiger charge is -2.07. The van der Waals surface area contributed by atoms with Crippen molar-refractivity contribution in [2.45, 2.75) is 6.92 Å². The Kier molecular flexibility index (Phi) is 2.68. The number of benzene rings is 1. The molecule has 1 aromatic carbocycles. The lowest BCUT2D eigenvalue weighted by Crippen LogP contribution is -1.90. The highest BCUT2D eigenvalue weighted by Crippen LogP contribution is 2.25. The summed E-state index contributed by atoms with van der Waals surface area (Å²) < 4.78 is 5.12. The van der Waals surface area contributed by atoms with Gasteiger partial charge in [-0.2, -0.15) is 0 Å². The Bertz CT molecular complexity index is 451. The summed E-state index contributed by atoms with van der Waals surface area (Å²) in [6.07, 6.45) is 1.83. The van der Waals surface area contributed by atoms with Crippen molar-refractivity contribution in [3.8, 4) is 17.0 Å². The molecule has 2 rings (SSSR count). The van der Waals surface area contributed by atoms with Gasteiger partial charge in [-0.25, -0.2) is 4.98 Å². The molecule has 0 spiro atoms. The number of pyridine rings is 1. The van der Waals surface area contributed by atoms with E-state index in [-0.39, 0.29) is 0 Å². The zero-order chi connectivity index (χ0) is 10.7. The smallest absolute Gasteiger partial charge is 0.213 e. The maximum absolute atomic E-state index is 5.12. The fourth-order valence-electron chi connectivity index (χ4n) is 1.54. The highest BCUT2D eigenvalue weighted by Gasteiger charge is 2.03. The summed E-state index contributed by atoms with van der Waals surface area (Å²) >= 11 is 0. The van der Waals surface area contributed by atoms with Crippen LogP contribution in [0.15, 0.2) is 42.6 Å². The van der Waals surface area contributed by atoms with Crippen LogP contribution in [0, 0.1) is 6.92 Å². The number of nitrogens with zero attached hydrogens (tertiary/aromatic N) is 1. The molecule has 2 aromatic rings. The Morgan fingerprint density at radius 1 is 1.13 bits per heavy atom. The summed E-state index contributed by atoms with van der Waals surface area (Å²) in [6.45, 7) is 2.05. The summed E-state index contributed by atoms with van der Waals surface area (Å²) in [7, 11) is 1.63. The second-order valence-corrected chi connectivity index (χ2v) is 3.41. The van der Waals surface area contributed by atoms with E-state index in [9.17, 15) is 0 Å². The fraction of sp³-hybridized carbons (Fsp3) is 0.154. The number of methoxy groups -OCH3 is 1. The van der Waals surface area contributed by atoms with Crippen LogP contribution in [0.2, 0.25) is 0 Å². The summed E-state index contributed by atoms with van der Waals surface area (Å²) in [5.74, 6) is 0.652. The Hall–Kier alpha value is -1.83. The van der Waals surface area contributed by atoms with Gasteiger partial charge in [0.2, 0.25) is 5.88 Å². The number of hydrogen-bond acceptors (Lipinski definition) is 2. The number of aromatic nitrogens is 1. The van der Waals surface area contributed by atoms with Gasteiger partial charge in [0, 0.05) is 12.3 Å². The molecule has 0 aliphatic heterocycles.